The van der Waals surface area contributed by atoms with E-state index in [1.807, 2.05) is 0 Å². The van der Waals surface area contributed by atoms with Gasteiger partial charge in [-0.1, -0.05) is 6.92 Å². The van der Waals surface area contributed by atoms with Gasteiger partial charge in [-0.2, -0.15) is 11.8 Å². The van der Waals surface area contributed by atoms with Gasteiger partial charge in [0.25, 0.3) is 0 Å². The molecule has 17 heavy (non-hydrogen) atoms. The normalized spacial score (nSPS) is 27.7. The third-order valence-corrected chi connectivity index (χ3v) is 5.25. The van der Waals surface area contributed by atoms with E-state index in [4.69, 9.17) is 0 Å². The minimum absolute atomic E-state index is 0.854. The molecule has 0 saturated carbocycles. The van der Waals surface area contributed by atoms with E-state index in [0.717, 1.165) is 12.0 Å². The molecule has 0 amide bonds. The van der Waals surface area contributed by atoms with Crippen molar-refractivity contribution < 1.29 is 0 Å². The predicted molar refractivity (Wildman–Crippen MR) is 77.8 cm³/mol. The van der Waals surface area contributed by atoms with Crippen LogP contribution in [0, 0.1) is 5.92 Å². The molecule has 1 atom stereocenters. The van der Waals surface area contributed by atoms with Gasteiger partial charge >= 0.3 is 0 Å². The molecule has 2 aliphatic rings. The summed E-state index contributed by atoms with van der Waals surface area (Å²) in [6.45, 7) is 7.54. The number of thioether (sulfide) groups is 1. The Labute approximate surface area is 111 Å². The standard InChI is InChI=1S/C14H28N2S/c1-2-17-12-4-9-16-10-6-13(7-11-16)14-5-3-8-15-14/h13-15H,2-12H2,1H3. The van der Waals surface area contributed by atoms with E-state index in [1.54, 1.807) is 0 Å². The van der Waals surface area contributed by atoms with E-state index < -0.39 is 0 Å². The average Bonchev–Trinajstić information content (AvgIpc) is 2.89. The topological polar surface area (TPSA) is 15.3 Å². The smallest absolute Gasteiger partial charge is 0.00967 e. The second-order valence-electron chi connectivity index (χ2n) is 5.43. The van der Waals surface area contributed by atoms with Gasteiger partial charge in [-0.25, -0.2) is 0 Å². The third-order valence-electron chi connectivity index (χ3n) is 4.27. The van der Waals surface area contributed by atoms with Crippen molar-refractivity contribution in [3.8, 4) is 0 Å². The summed E-state index contributed by atoms with van der Waals surface area (Å²) in [4.78, 5) is 2.68. The third kappa shape index (κ3) is 4.46. The summed E-state index contributed by atoms with van der Waals surface area (Å²) >= 11 is 2.08. The highest BCUT2D eigenvalue weighted by molar-refractivity contribution is 7.99. The van der Waals surface area contributed by atoms with E-state index in [1.165, 1.54) is 69.8 Å². The number of piperidine rings is 1. The van der Waals surface area contributed by atoms with E-state index in [2.05, 4.69) is 28.9 Å². The molecule has 0 aromatic carbocycles. The van der Waals surface area contributed by atoms with Crippen molar-refractivity contribution >= 4 is 11.8 Å². The van der Waals surface area contributed by atoms with E-state index in [9.17, 15) is 0 Å². The van der Waals surface area contributed by atoms with E-state index in [-0.39, 0.29) is 0 Å². The monoisotopic (exact) mass is 256 g/mol. The van der Waals surface area contributed by atoms with E-state index in [0.29, 0.717) is 0 Å². The average molecular weight is 256 g/mol. The maximum atomic E-state index is 3.68. The van der Waals surface area contributed by atoms with Crippen molar-refractivity contribution in [3.05, 3.63) is 0 Å². The second kappa shape index (κ2) is 7.65. The van der Waals surface area contributed by atoms with Crippen LogP contribution >= 0.6 is 11.8 Å². The van der Waals surface area contributed by atoms with Crippen molar-refractivity contribution in [2.75, 3.05) is 37.7 Å². The fourth-order valence-electron chi connectivity index (χ4n) is 3.23. The highest BCUT2D eigenvalue weighted by atomic mass is 32.2. The summed E-state index contributed by atoms with van der Waals surface area (Å²) < 4.78 is 0. The van der Waals surface area contributed by atoms with Gasteiger partial charge in [0.2, 0.25) is 0 Å². The number of likely N-dealkylation sites (tertiary alicyclic amines) is 1. The van der Waals surface area contributed by atoms with Crippen LogP contribution in [0.4, 0.5) is 0 Å². The molecule has 100 valence electrons. The molecule has 0 aliphatic carbocycles. The minimum atomic E-state index is 0.854. The van der Waals surface area contributed by atoms with Gasteiger partial charge in [0, 0.05) is 6.04 Å². The van der Waals surface area contributed by atoms with Gasteiger partial charge in [-0.3, -0.25) is 0 Å². The molecule has 2 heterocycles. The molecule has 0 aromatic rings. The summed E-state index contributed by atoms with van der Waals surface area (Å²) in [5.74, 6) is 3.59. The molecule has 0 radical (unpaired) electrons. The summed E-state index contributed by atoms with van der Waals surface area (Å²) in [7, 11) is 0. The second-order valence-corrected chi connectivity index (χ2v) is 6.83. The largest absolute Gasteiger partial charge is 0.314 e. The zero-order valence-corrected chi connectivity index (χ0v) is 12.1. The van der Waals surface area contributed by atoms with Crippen LogP contribution in [-0.2, 0) is 0 Å². The molecule has 3 heteroatoms. The van der Waals surface area contributed by atoms with Gasteiger partial charge in [-0.15, -0.1) is 0 Å². The van der Waals surface area contributed by atoms with Crippen LogP contribution in [0.1, 0.15) is 39.0 Å². The molecule has 2 nitrogen and oxygen atoms in total. The Kier molecular flexibility index (Phi) is 6.16. The quantitative estimate of drug-likeness (QED) is 0.736. The molecule has 0 bridgehead atoms. The first-order chi connectivity index (χ1) is 8.40. The van der Waals surface area contributed by atoms with Crippen LogP contribution in [-0.4, -0.2) is 48.6 Å². The van der Waals surface area contributed by atoms with Crippen LogP contribution in [0.2, 0.25) is 0 Å². The van der Waals surface area contributed by atoms with Crippen LogP contribution in [0.3, 0.4) is 0 Å². The van der Waals surface area contributed by atoms with Crippen molar-refractivity contribution in [1.82, 2.24) is 10.2 Å². The maximum absolute atomic E-state index is 3.68. The van der Waals surface area contributed by atoms with Crippen LogP contribution < -0.4 is 5.32 Å². The highest BCUT2D eigenvalue weighted by Crippen LogP contribution is 2.25. The Morgan fingerprint density at radius 2 is 2.06 bits per heavy atom. The molecule has 2 fully saturated rings. The zero-order valence-electron chi connectivity index (χ0n) is 11.3. The summed E-state index contributed by atoms with van der Waals surface area (Å²) in [5.41, 5.74) is 0. The first kappa shape index (κ1) is 13.7. The number of nitrogens with one attached hydrogen (secondary N) is 1. The molecular formula is C14H28N2S. The Balaban J connectivity index is 1.57. The van der Waals surface area contributed by atoms with Gasteiger partial charge in [0.15, 0.2) is 0 Å². The lowest BCUT2D eigenvalue weighted by Crippen LogP contribution is -2.41. The summed E-state index contributed by atoms with van der Waals surface area (Å²) in [6.07, 6.45) is 7.07. The Bertz CT molecular complexity index is 196. The number of rotatable bonds is 6. The van der Waals surface area contributed by atoms with Crippen molar-refractivity contribution in [1.29, 1.82) is 0 Å². The summed E-state index contributed by atoms with van der Waals surface area (Å²) in [6, 6.07) is 0.854. The maximum Gasteiger partial charge on any atom is 0.00967 e. The molecule has 0 spiro atoms. The van der Waals surface area contributed by atoms with Crippen molar-refractivity contribution in [2.24, 2.45) is 5.92 Å². The first-order valence-electron chi connectivity index (χ1n) is 7.43. The molecular weight excluding hydrogens is 228 g/mol. The fraction of sp³-hybridized carbons (Fsp3) is 1.00. The SMILES string of the molecule is CCSCCCN1CCC(C2CCCN2)CC1. The van der Waals surface area contributed by atoms with Gasteiger partial charge in [-0.05, 0) is 75.7 Å². The van der Waals surface area contributed by atoms with Crippen LogP contribution in [0.25, 0.3) is 0 Å². The Morgan fingerprint density at radius 3 is 2.71 bits per heavy atom. The van der Waals surface area contributed by atoms with Crippen LogP contribution in [0.5, 0.6) is 0 Å². The van der Waals surface area contributed by atoms with Gasteiger partial charge < -0.3 is 10.2 Å². The Hall–Kier alpha value is 0.270. The highest BCUT2D eigenvalue weighted by Gasteiger charge is 2.27. The van der Waals surface area contributed by atoms with Crippen molar-refractivity contribution in [3.63, 3.8) is 0 Å². The van der Waals surface area contributed by atoms with Gasteiger partial charge in [0.1, 0.15) is 0 Å². The summed E-state index contributed by atoms with van der Waals surface area (Å²) in [5, 5.41) is 3.68. The van der Waals surface area contributed by atoms with E-state index >= 15 is 0 Å². The first-order valence-corrected chi connectivity index (χ1v) is 8.59. The number of hydrogen-bond acceptors (Lipinski definition) is 3. The fourth-order valence-corrected chi connectivity index (χ4v) is 3.85. The predicted octanol–water partition coefficient (Wildman–Crippen LogP) is 2.59. The minimum Gasteiger partial charge on any atom is -0.314 e. The lowest BCUT2D eigenvalue weighted by molar-refractivity contribution is 0.164. The van der Waals surface area contributed by atoms with Crippen molar-refractivity contribution in [2.45, 2.75) is 45.1 Å². The molecule has 0 aromatic heterocycles. The lowest BCUT2D eigenvalue weighted by atomic mass is 9.88. The lowest BCUT2D eigenvalue weighted by Gasteiger charge is -2.34. The number of nitrogens with zero attached hydrogens (tertiary/aromatic N) is 1. The molecule has 1 unspecified atom stereocenters. The molecule has 1 N–H and O–H groups in total. The van der Waals surface area contributed by atoms with Gasteiger partial charge in [0.05, 0.1) is 0 Å². The zero-order chi connectivity index (χ0) is 11.9. The molecule has 2 rings (SSSR count). The van der Waals surface area contributed by atoms with Crippen LogP contribution in [0.15, 0.2) is 0 Å². The number of hydrogen-bond donors (Lipinski definition) is 1. The Morgan fingerprint density at radius 1 is 1.24 bits per heavy atom. The molecule has 2 saturated heterocycles. The molecule has 2 aliphatic heterocycles.